The predicted octanol–water partition coefficient (Wildman–Crippen LogP) is 5.23. The molecule has 1 aromatic heterocycles. The minimum absolute atomic E-state index is 0.146. The number of aromatic nitrogens is 3. The van der Waals surface area contributed by atoms with Gasteiger partial charge in [0.2, 0.25) is 5.91 Å². The fraction of sp³-hybridized carbons (Fsp3) is 0.286. The van der Waals surface area contributed by atoms with Gasteiger partial charge in [0.05, 0.1) is 28.6 Å². The van der Waals surface area contributed by atoms with Gasteiger partial charge >= 0.3 is 0 Å². The van der Waals surface area contributed by atoms with Crippen LogP contribution in [-0.2, 0) is 17.9 Å². The predicted molar refractivity (Wildman–Crippen MR) is 124 cm³/mol. The van der Waals surface area contributed by atoms with Crippen LogP contribution in [0.3, 0.4) is 0 Å². The van der Waals surface area contributed by atoms with Crippen molar-refractivity contribution in [2.45, 2.75) is 32.2 Å². The van der Waals surface area contributed by atoms with Gasteiger partial charge in [-0.2, -0.15) is 0 Å². The van der Waals surface area contributed by atoms with Crippen molar-refractivity contribution >= 4 is 46.6 Å². The van der Waals surface area contributed by atoms with Crippen molar-refractivity contribution in [3.63, 3.8) is 0 Å². The number of carbonyl (C=O) groups is 1. The van der Waals surface area contributed by atoms with Crippen LogP contribution in [0.15, 0.2) is 41.6 Å². The van der Waals surface area contributed by atoms with Crippen molar-refractivity contribution in [2.24, 2.45) is 0 Å². The maximum Gasteiger partial charge on any atom is 0.234 e. The van der Waals surface area contributed by atoms with Crippen LogP contribution in [-0.4, -0.2) is 33.5 Å². The average Bonchev–Trinajstić information content (AvgIpc) is 3.16. The van der Waals surface area contributed by atoms with Crippen LogP contribution < -0.4 is 14.8 Å². The Labute approximate surface area is 195 Å². The molecule has 0 spiro atoms. The van der Waals surface area contributed by atoms with Crippen LogP contribution in [0.5, 0.6) is 11.5 Å². The molecule has 0 unspecified atom stereocenters. The normalized spacial score (nSPS) is 10.7. The van der Waals surface area contributed by atoms with Crippen LogP contribution >= 0.6 is 35.0 Å². The lowest BCUT2D eigenvalue weighted by molar-refractivity contribution is -0.113. The number of hydrogen-bond donors (Lipinski definition) is 1. The van der Waals surface area contributed by atoms with Gasteiger partial charge in [-0.25, -0.2) is 0 Å². The molecule has 0 aliphatic heterocycles. The molecule has 3 rings (SSSR count). The molecule has 7 nitrogen and oxygen atoms in total. The average molecular weight is 481 g/mol. The number of thioether (sulfide) groups is 1. The number of carbonyl (C=O) groups excluding carboxylic acids is 1. The molecule has 0 radical (unpaired) electrons. The van der Waals surface area contributed by atoms with Crippen LogP contribution in [0.4, 0.5) is 5.69 Å². The Balaban J connectivity index is 1.62. The topological polar surface area (TPSA) is 78.3 Å². The molecule has 0 saturated heterocycles. The third-order valence-corrected chi connectivity index (χ3v) is 6.13. The van der Waals surface area contributed by atoms with E-state index in [1.54, 1.807) is 25.3 Å². The molecule has 2 aromatic carbocycles. The first-order valence-electron chi connectivity index (χ1n) is 9.49. The van der Waals surface area contributed by atoms with E-state index in [1.165, 1.54) is 11.8 Å². The third-order valence-electron chi connectivity index (χ3n) is 4.34. The zero-order chi connectivity index (χ0) is 22.4. The second kappa shape index (κ2) is 10.7. The Morgan fingerprint density at radius 3 is 2.74 bits per heavy atom. The fourth-order valence-corrected chi connectivity index (χ4v) is 3.97. The Morgan fingerprint density at radius 1 is 1.19 bits per heavy atom. The molecule has 0 atom stereocenters. The molecule has 10 heteroatoms. The summed E-state index contributed by atoms with van der Waals surface area (Å²) in [6.07, 6.45) is 0. The summed E-state index contributed by atoms with van der Waals surface area (Å²) >= 11 is 13.4. The lowest BCUT2D eigenvalue weighted by atomic mass is 10.2. The second-order valence-corrected chi connectivity index (χ2v) is 8.25. The van der Waals surface area contributed by atoms with Gasteiger partial charge in [-0.05, 0) is 43.7 Å². The maximum atomic E-state index is 12.3. The van der Waals surface area contributed by atoms with E-state index in [4.69, 9.17) is 32.7 Å². The lowest BCUT2D eigenvalue weighted by Crippen LogP contribution is -2.15. The highest BCUT2D eigenvalue weighted by atomic mass is 35.5. The highest BCUT2D eigenvalue weighted by molar-refractivity contribution is 7.99. The largest absolute Gasteiger partial charge is 0.493 e. The standard InChI is InChI=1S/C21H22Cl2N4O3S/c1-4-27-18(11-30-16-9-8-13(2)10-17(16)29-3)25-26-21(27)31-12-19(28)24-15-7-5-6-14(22)20(15)23/h5-10H,4,11-12H2,1-3H3,(H,24,28). The molecule has 164 valence electrons. The van der Waals surface area contributed by atoms with Gasteiger partial charge in [-0.1, -0.05) is 47.1 Å². The van der Waals surface area contributed by atoms with E-state index in [2.05, 4.69) is 15.5 Å². The lowest BCUT2D eigenvalue weighted by Gasteiger charge is -2.12. The van der Waals surface area contributed by atoms with E-state index >= 15 is 0 Å². The molecule has 1 heterocycles. The molecule has 0 bridgehead atoms. The summed E-state index contributed by atoms with van der Waals surface area (Å²) in [7, 11) is 1.60. The molecule has 0 fully saturated rings. The first-order chi connectivity index (χ1) is 14.9. The third kappa shape index (κ3) is 5.84. The Hall–Kier alpha value is -2.42. The van der Waals surface area contributed by atoms with E-state index in [-0.39, 0.29) is 18.3 Å². The quantitative estimate of drug-likeness (QED) is 0.422. The molecule has 0 aliphatic carbocycles. The summed E-state index contributed by atoms with van der Waals surface area (Å²) in [5, 5.41) is 12.5. The van der Waals surface area contributed by atoms with Crippen molar-refractivity contribution in [1.29, 1.82) is 0 Å². The van der Waals surface area contributed by atoms with E-state index < -0.39 is 0 Å². The number of rotatable bonds is 9. The van der Waals surface area contributed by atoms with Crippen LogP contribution in [0, 0.1) is 6.92 Å². The van der Waals surface area contributed by atoms with Gasteiger partial charge in [0.1, 0.15) is 6.61 Å². The number of ether oxygens (including phenoxy) is 2. The number of methoxy groups -OCH3 is 1. The Bertz CT molecular complexity index is 1070. The summed E-state index contributed by atoms with van der Waals surface area (Å²) in [5.74, 6) is 1.88. The minimum atomic E-state index is -0.220. The number of nitrogens with one attached hydrogen (secondary N) is 1. The first kappa shape index (κ1) is 23.2. The summed E-state index contributed by atoms with van der Waals surface area (Å²) in [5.41, 5.74) is 1.55. The molecule has 1 amide bonds. The van der Waals surface area contributed by atoms with Crippen LogP contribution in [0.2, 0.25) is 10.0 Å². The van der Waals surface area contributed by atoms with Gasteiger partial charge in [0.25, 0.3) is 0 Å². The van der Waals surface area contributed by atoms with Crippen LogP contribution in [0.25, 0.3) is 0 Å². The number of aryl methyl sites for hydroxylation is 1. The Morgan fingerprint density at radius 2 is 2.00 bits per heavy atom. The number of benzene rings is 2. The first-order valence-corrected chi connectivity index (χ1v) is 11.2. The highest BCUT2D eigenvalue weighted by Crippen LogP contribution is 2.30. The van der Waals surface area contributed by atoms with Gasteiger partial charge in [-0.15, -0.1) is 10.2 Å². The van der Waals surface area contributed by atoms with Crippen LogP contribution in [0.1, 0.15) is 18.3 Å². The number of halogens is 2. The number of hydrogen-bond acceptors (Lipinski definition) is 6. The number of anilines is 1. The van der Waals surface area contributed by atoms with Gasteiger partial charge < -0.3 is 19.4 Å². The van der Waals surface area contributed by atoms with Crippen molar-refractivity contribution in [1.82, 2.24) is 14.8 Å². The molecule has 31 heavy (non-hydrogen) atoms. The van der Waals surface area contributed by atoms with Crippen molar-refractivity contribution in [2.75, 3.05) is 18.2 Å². The van der Waals surface area contributed by atoms with E-state index in [1.807, 2.05) is 36.6 Å². The summed E-state index contributed by atoms with van der Waals surface area (Å²) in [6.45, 7) is 4.83. The highest BCUT2D eigenvalue weighted by Gasteiger charge is 2.15. The zero-order valence-electron chi connectivity index (χ0n) is 17.3. The van der Waals surface area contributed by atoms with E-state index in [9.17, 15) is 4.79 Å². The SMILES string of the molecule is CCn1c(COc2ccc(C)cc2OC)nnc1SCC(=O)Nc1cccc(Cl)c1Cl. The van der Waals surface area contributed by atoms with Crippen molar-refractivity contribution in [3.8, 4) is 11.5 Å². The summed E-state index contributed by atoms with van der Waals surface area (Å²) in [4.78, 5) is 12.3. The van der Waals surface area contributed by atoms with Crippen molar-refractivity contribution < 1.29 is 14.3 Å². The van der Waals surface area contributed by atoms with E-state index in [0.29, 0.717) is 44.8 Å². The smallest absolute Gasteiger partial charge is 0.234 e. The monoisotopic (exact) mass is 480 g/mol. The molecule has 3 aromatic rings. The number of amides is 1. The summed E-state index contributed by atoms with van der Waals surface area (Å²) in [6, 6.07) is 10.8. The summed E-state index contributed by atoms with van der Waals surface area (Å²) < 4.78 is 13.2. The van der Waals surface area contributed by atoms with Gasteiger partial charge in [0, 0.05) is 6.54 Å². The maximum absolute atomic E-state index is 12.3. The van der Waals surface area contributed by atoms with Gasteiger partial charge in [-0.3, -0.25) is 4.79 Å². The van der Waals surface area contributed by atoms with E-state index in [0.717, 1.165) is 5.56 Å². The van der Waals surface area contributed by atoms with Crippen molar-refractivity contribution in [3.05, 3.63) is 57.8 Å². The number of nitrogens with zero attached hydrogens (tertiary/aromatic N) is 3. The molecule has 1 N–H and O–H groups in total. The zero-order valence-corrected chi connectivity index (χ0v) is 19.6. The Kier molecular flexibility index (Phi) is 8.06. The van der Waals surface area contributed by atoms with Gasteiger partial charge in [0.15, 0.2) is 22.5 Å². The second-order valence-electron chi connectivity index (χ2n) is 6.52. The minimum Gasteiger partial charge on any atom is -0.493 e. The molecule has 0 aliphatic rings. The molecular formula is C21H22Cl2N4O3S. The molecular weight excluding hydrogens is 459 g/mol. The fourth-order valence-electron chi connectivity index (χ4n) is 2.80. The molecule has 0 saturated carbocycles.